The third-order valence-corrected chi connectivity index (χ3v) is 4.23. The molecule has 1 aliphatic heterocycles. The van der Waals surface area contributed by atoms with Crippen LogP contribution >= 0.6 is 0 Å². The van der Waals surface area contributed by atoms with Crippen molar-refractivity contribution in [3.05, 3.63) is 18.2 Å². The lowest BCUT2D eigenvalue weighted by atomic mass is 9.91. The van der Waals surface area contributed by atoms with Crippen molar-refractivity contribution in [2.45, 2.75) is 39.7 Å². The summed E-state index contributed by atoms with van der Waals surface area (Å²) in [6, 6.07) is 6.71. The zero-order chi connectivity index (χ0) is 13.5. The van der Waals surface area contributed by atoms with Crippen LogP contribution in [0, 0.1) is 11.3 Å². The Labute approximate surface area is 115 Å². The number of anilines is 1. The minimum absolute atomic E-state index is 0.449. The lowest BCUT2D eigenvalue weighted by Crippen LogP contribution is -2.23. The van der Waals surface area contributed by atoms with Crippen LogP contribution in [-0.2, 0) is 0 Å². The third-order valence-electron chi connectivity index (χ3n) is 4.23. The predicted octanol–water partition coefficient (Wildman–Crippen LogP) is 3.69. The van der Waals surface area contributed by atoms with E-state index < -0.39 is 0 Å². The van der Waals surface area contributed by atoms with Crippen molar-refractivity contribution < 1.29 is 9.47 Å². The first-order valence-electron chi connectivity index (χ1n) is 7.20. The average Bonchev–Trinajstić information content (AvgIpc) is 2.62. The molecule has 1 aromatic carbocycles. The summed E-state index contributed by atoms with van der Waals surface area (Å²) in [5.74, 6) is 2.43. The molecule has 3 nitrogen and oxygen atoms in total. The van der Waals surface area contributed by atoms with Gasteiger partial charge in [-0.2, -0.15) is 0 Å². The van der Waals surface area contributed by atoms with E-state index in [0.717, 1.165) is 17.2 Å². The summed E-state index contributed by atoms with van der Waals surface area (Å²) in [4.78, 5) is 0. The molecule has 2 atom stereocenters. The van der Waals surface area contributed by atoms with E-state index in [2.05, 4.69) is 38.2 Å². The van der Waals surface area contributed by atoms with Crippen LogP contribution in [0.2, 0.25) is 0 Å². The molecule has 104 valence electrons. The van der Waals surface area contributed by atoms with Gasteiger partial charge >= 0.3 is 0 Å². The maximum Gasteiger partial charge on any atom is 0.163 e. The van der Waals surface area contributed by atoms with Gasteiger partial charge in [0.25, 0.3) is 0 Å². The van der Waals surface area contributed by atoms with Crippen molar-refractivity contribution in [1.82, 2.24) is 0 Å². The molecule has 0 amide bonds. The second-order valence-corrected chi connectivity index (χ2v) is 6.66. The Morgan fingerprint density at radius 3 is 2.53 bits per heavy atom. The van der Waals surface area contributed by atoms with Crippen LogP contribution in [0.1, 0.15) is 33.6 Å². The summed E-state index contributed by atoms with van der Waals surface area (Å²) in [6.07, 6.45) is 2.51. The lowest BCUT2D eigenvalue weighted by molar-refractivity contribution is 0.171. The fourth-order valence-electron chi connectivity index (χ4n) is 3.43. The van der Waals surface area contributed by atoms with Crippen molar-refractivity contribution in [2.75, 3.05) is 18.5 Å². The number of hydrogen-bond acceptors (Lipinski definition) is 3. The Bertz CT molecular complexity index is 470. The van der Waals surface area contributed by atoms with Gasteiger partial charge in [0.2, 0.25) is 0 Å². The fourth-order valence-corrected chi connectivity index (χ4v) is 3.43. The number of benzene rings is 1. The van der Waals surface area contributed by atoms with Crippen LogP contribution in [0.25, 0.3) is 0 Å². The highest BCUT2D eigenvalue weighted by molar-refractivity contribution is 5.55. The van der Waals surface area contributed by atoms with Crippen LogP contribution < -0.4 is 14.8 Å². The summed E-state index contributed by atoms with van der Waals surface area (Å²) in [7, 11) is 0. The van der Waals surface area contributed by atoms with Crippen molar-refractivity contribution in [3.63, 3.8) is 0 Å². The molecule has 0 bridgehead atoms. The zero-order valence-corrected chi connectivity index (χ0v) is 12.0. The van der Waals surface area contributed by atoms with E-state index in [-0.39, 0.29) is 0 Å². The lowest BCUT2D eigenvalue weighted by Gasteiger charge is -2.22. The summed E-state index contributed by atoms with van der Waals surface area (Å²) < 4.78 is 11.2. The van der Waals surface area contributed by atoms with Crippen molar-refractivity contribution in [2.24, 2.45) is 11.3 Å². The van der Waals surface area contributed by atoms with Crippen LogP contribution in [0.3, 0.4) is 0 Å². The van der Waals surface area contributed by atoms with Gasteiger partial charge in [0.05, 0.1) is 0 Å². The number of ether oxygens (including phenoxy) is 2. The standard InChI is InChI=1S/C16H23NO2/c1-11-9-16(2,3)10-13(11)17-12-4-5-14-15(8-12)19-7-6-18-14/h4-5,8,11,13,17H,6-7,9-10H2,1-3H3. The number of rotatable bonds is 2. The van der Waals surface area contributed by atoms with Gasteiger partial charge in [0.15, 0.2) is 11.5 Å². The first kappa shape index (κ1) is 12.6. The highest BCUT2D eigenvalue weighted by atomic mass is 16.6. The monoisotopic (exact) mass is 261 g/mol. The first-order valence-corrected chi connectivity index (χ1v) is 7.20. The van der Waals surface area contributed by atoms with E-state index in [1.54, 1.807) is 0 Å². The molecule has 2 unspecified atom stereocenters. The van der Waals surface area contributed by atoms with Gasteiger partial charge in [-0.1, -0.05) is 20.8 Å². The quantitative estimate of drug-likeness (QED) is 0.880. The third kappa shape index (κ3) is 2.65. The molecule has 1 saturated carbocycles. The average molecular weight is 261 g/mol. The van der Waals surface area contributed by atoms with Crippen LogP contribution in [0.4, 0.5) is 5.69 Å². The molecule has 3 heteroatoms. The highest BCUT2D eigenvalue weighted by Crippen LogP contribution is 2.42. The van der Waals surface area contributed by atoms with Crippen LogP contribution in [0.15, 0.2) is 18.2 Å². The van der Waals surface area contributed by atoms with Crippen molar-refractivity contribution >= 4 is 5.69 Å². The zero-order valence-electron chi connectivity index (χ0n) is 12.0. The van der Waals surface area contributed by atoms with E-state index in [1.807, 2.05) is 6.07 Å². The molecule has 1 aromatic rings. The normalized spacial score (nSPS) is 28.2. The Morgan fingerprint density at radius 2 is 1.84 bits per heavy atom. The van der Waals surface area contributed by atoms with Crippen molar-refractivity contribution in [3.8, 4) is 11.5 Å². The Morgan fingerprint density at radius 1 is 1.11 bits per heavy atom. The second-order valence-electron chi connectivity index (χ2n) is 6.66. The molecule has 1 N–H and O–H groups in total. The molecule has 0 radical (unpaired) electrons. The summed E-state index contributed by atoms with van der Waals surface area (Å²) in [5.41, 5.74) is 1.59. The molecule has 19 heavy (non-hydrogen) atoms. The Hall–Kier alpha value is -1.38. The van der Waals surface area contributed by atoms with Gasteiger partial charge in [-0.05, 0) is 36.3 Å². The van der Waals surface area contributed by atoms with E-state index in [0.29, 0.717) is 30.6 Å². The molecular weight excluding hydrogens is 238 g/mol. The fraction of sp³-hybridized carbons (Fsp3) is 0.625. The van der Waals surface area contributed by atoms with Crippen LogP contribution in [0.5, 0.6) is 11.5 Å². The number of nitrogens with one attached hydrogen (secondary N) is 1. The molecule has 2 aliphatic rings. The van der Waals surface area contributed by atoms with Crippen LogP contribution in [-0.4, -0.2) is 19.3 Å². The van der Waals surface area contributed by atoms with Crippen molar-refractivity contribution in [1.29, 1.82) is 0 Å². The summed E-state index contributed by atoms with van der Waals surface area (Å²) in [5, 5.41) is 3.66. The summed E-state index contributed by atoms with van der Waals surface area (Å²) >= 11 is 0. The maximum atomic E-state index is 5.63. The topological polar surface area (TPSA) is 30.5 Å². The molecule has 1 heterocycles. The number of hydrogen-bond donors (Lipinski definition) is 1. The van der Waals surface area contributed by atoms with E-state index >= 15 is 0 Å². The molecule has 1 fully saturated rings. The molecule has 0 saturated heterocycles. The smallest absolute Gasteiger partial charge is 0.163 e. The van der Waals surface area contributed by atoms with Gasteiger partial charge in [-0.3, -0.25) is 0 Å². The molecule has 1 aliphatic carbocycles. The Kier molecular flexibility index (Phi) is 3.08. The minimum atomic E-state index is 0.449. The van der Waals surface area contributed by atoms with Gasteiger partial charge < -0.3 is 14.8 Å². The first-order chi connectivity index (χ1) is 9.03. The molecule has 3 rings (SSSR count). The number of fused-ring (bicyclic) bond motifs is 1. The van der Waals surface area contributed by atoms with E-state index in [9.17, 15) is 0 Å². The summed E-state index contributed by atoms with van der Waals surface area (Å²) in [6.45, 7) is 8.34. The molecular formula is C16H23NO2. The maximum absolute atomic E-state index is 5.63. The second kappa shape index (κ2) is 4.62. The van der Waals surface area contributed by atoms with Gasteiger partial charge in [0, 0.05) is 17.8 Å². The molecule has 0 spiro atoms. The SMILES string of the molecule is CC1CC(C)(C)CC1Nc1ccc2c(c1)OCCO2. The predicted molar refractivity (Wildman–Crippen MR) is 77.0 cm³/mol. The van der Waals surface area contributed by atoms with Gasteiger partial charge in [-0.25, -0.2) is 0 Å². The highest BCUT2D eigenvalue weighted by Gasteiger charge is 2.36. The Balaban J connectivity index is 1.73. The molecule has 0 aromatic heterocycles. The minimum Gasteiger partial charge on any atom is -0.486 e. The van der Waals surface area contributed by atoms with Gasteiger partial charge in [0.1, 0.15) is 13.2 Å². The van der Waals surface area contributed by atoms with E-state index in [1.165, 1.54) is 12.8 Å². The largest absolute Gasteiger partial charge is 0.486 e. The van der Waals surface area contributed by atoms with Gasteiger partial charge in [-0.15, -0.1) is 0 Å². The van der Waals surface area contributed by atoms with E-state index in [4.69, 9.17) is 9.47 Å².